The molecule has 0 saturated carbocycles. The number of esters is 2. The summed E-state index contributed by atoms with van der Waals surface area (Å²) in [5.41, 5.74) is -0.512. The summed E-state index contributed by atoms with van der Waals surface area (Å²) in [6, 6.07) is 20.2. The third kappa shape index (κ3) is 7.27. The van der Waals surface area contributed by atoms with E-state index in [1.165, 1.54) is 23.3 Å². The highest BCUT2D eigenvalue weighted by molar-refractivity contribution is 6.06. The van der Waals surface area contributed by atoms with Crippen molar-refractivity contribution in [2.45, 2.75) is 31.0 Å². The molecule has 15 heteroatoms. The molecule has 1 aliphatic rings. The maximum absolute atomic E-state index is 13.5. The molecule has 3 heterocycles. The van der Waals surface area contributed by atoms with Crippen LogP contribution < -0.4 is 5.32 Å². The van der Waals surface area contributed by atoms with E-state index in [0.29, 0.717) is 11.6 Å². The van der Waals surface area contributed by atoms with Crippen molar-refractivity contribution in [3.05, 3.63) is 120 Å². The second kappa shape index (κ2) is 14.2. The lowest BCUT2D eigenvalue weighted by atomic mass is 9.96. The number of aliphatic hydroxyl groups is 1. The molecule has 2 aromatic heterocycles. The molecule has 3 aromatic carbocycles. The van der Waals surface area contributed by atoms with Crippen molar-refractivity contribution < 1.29 is 46.9 Å². The zero-order valence-electron chi connectivity index (χ0n) is 25.5. The second-order valence-electron chi connectivity index (χ2n) is 11.0. The zero-order valence-corrected chi connectivity index (χ0v) is 25.5. The molecule has 0 bridgehead atoms. The first-order chi connectivity index (χ1) is 23.6. The van der Waals surface area contributed by atoms with Gasteiger partial charge >= 0.3 is 18.1 Å². The van der Waals surface area contributed by atoms with Gasteiger partial charge in [0.15, 0.2) is 23.8 Å². The Morgan fingerprint density at radius 1 is 0.878 bits per heavy atom. The molecule has 5 aromatic rings. The van der Waals surface area contributed by atoms with Crippen molar-refractivity contribution in [1.82, 2.24) is 19.5 Å². The second-order valence-corrected chi connectivity index (χ2v) is 11.0. The van der Waals surface area contributed by atoms with E-state index in [-0.39, 0.29) is 47.7 Å². The van der Waals surface area contributed by atoms with Crippen LogP contribution >= 0.6 is 0 Å². The van der Waals surface area contributed by atoms with Gasteiger partial charge in [0.2, 0.25) is 0 Å². The van der Waals surface area contributed by atoms with E-state index in [1.807, 2.05) is 0 Å². The van der Waals surface area contributed by atoms with Gasteiger partial charge in [-0.25, -0.2) is 24.5 Å². The lowest BCUT2D eigenvalue weighted by Crippen LogP contribution is -2.35. The summed E-state index contributed by atoms with van der Waals surface area (Å²) in [5.74, 6) is -3.14. The van der Waals surface area contributed by atoms with Gasteiger partial charge in [0.1, 0.15) is 24.8 Å². The van der Waals surface area contributed by atoms with Crippen molar-refractivity contribution in [3.8, 4) is 0 Å². The van der Waals surface area contributed by atoms with Crippen LogP contribution in [0.3, 0.4) is 0 Å². The molecule has 1 fully saturated rings. The summed E-state index contributed by atoms with van der Waals surface area (Å²) in [7, 11) is 0. The van der Waals surface area contributed by atoms with E-state index in [2.05, 4.69) is 20.3 Å². The summed E-state index contributed by atoms with van der Waals surface area (Å²) in [6.45, 7) is -0.711. The lowest BCUT2D eigenvalue weighted by Gasteiger charge is -2.25. The summed E-state index contributed by atoms with van der Waals surface area (Å²) in [4.78, 5) is 52.2. The third-order valence-corrected chi connectivity index (χ3v) is 7.90. The fourth-order valence-electron chi connectivity index (χ4n) is 5.54. The molecular formula is C34H28F3N5O7. The SMILES string of the molecule is O=C(Nc1ncnc2ncn([C@@H]3O[C@H](CCO)[C@@H](COC(=O)c4ccccc4)[C@H]3OC(=O)c3cccc(C(F)(F)F)c3)c12)c1ccccc1. The predicted octanol–water partition coefficient (Wildman–Crippen LogP) is 5.08. The maximum Gasteiger partial charge on any atom is 0.416 e. The molecule has 4 atom stereocenters. The number of carbonyl (C=O) groups is 3. The molecule has 12 nitrogen and oxygen atoms in total. The van der Waals surface area contributed by atoms with Crippen molar-refractivity contribution in [2.24, 2.45) is 5.92 Å². The number of halogens is 3. The molecule has 1 saturated heterocycles. The topological polar surface area (TPSA) is 155 Å². The average molecular weight is 676 g/mol. The molecule has 0 unspecified atom stereocenters. The van der Waals surface area contributed by atoms with Crippen LogP contribution in [0.2, 0.25) is 0 Å². The lowest BCUT2D eigenvalue weighted by molar-refractivity contribution is -0.137. The van der Waals surface area contributed by atoms with Crippen molar-refractivity contribution in [3.63, 3.8) is 0 Å². The van der Waals surface area contributed by atoms with E-state index in [9.17, 15) is 32.7 Å². The highest BCUT2D eigenvalue weighted by Crippen LogP contribution is 2.41. The number of anilines is 1. The zero-order chi connectivity index (χ0) is 34.5. The fraction of sp³-hybridized carbons (Fsp3) is 0.235. The van der Waals surface area contributed by atoms with Gasteiger partial charge in [-0.3, -0.25) is 9.36 Å². The number of amides is 1. The normalized spacial score (nSPS) is 19.0. The predicted molar refractivity (Wildman–Crippen MR) is 166 cm³/mol. The van der Waals surface area contributed by atoms with Crippen LogP contribution in [-0.2, 0) is 20.4 Å². The van der Waals surface area contributed by atoms with Gasteiger partial charge in [-0.15, -0.1) is 0 Å². The molecule has 0 spiro atoms. The van der Waals surface area contributed by atoms with Gasteiger partial charge in [-0.1, -0.05) is 42.5 Å². The number of hydrogen-bond acceptors (Lipinski definition) is 10. The molecule has 0 aliphatic carbocycles. The molecular weight excluding hydrogens is 647 g/mol. The smallest absolute Gasteiger partial charge is 0.416 e. The van der Waals surface area contributed by atoms with Gasteiger partial charge < -0.3 is 24.6 Å². The van der Waals surface area contributed by atoms with E-state index >= 15 is 0 Å². The molecule has 1 aliphatic heterocycles. The first kappa shape index (κ1) is 33.2. The Labute approximate surface area is 276 Å². The first-order valence-electron chi connectivity index (χ1n) is 15.0. The molecule has 1 amide bonds. The van der Waals surface area contributed by atoms with E-state index in [1.54, 1.807) is 60.7 Å². The van der Waals surface area contributed by atoms with Gasteiger partial charge in [-0.2, -0.15) is 13.2 Å². The van der Waals surface area contributed by atoms with Crippen molar-refractivity contribution >= 4 is 34.8 Å². The van der Waals surface area contributed by atoms with E-state index < -0.39 is 53.9 Å². The van der Waals surface area contributed by atoms with Gasteiger partial charge in [0, 0.05) is 12.2 Å². The number of nitrogens with zero attached hydrogens (tertiary/aromatic N) is 4. The van der Waals surface area contributed by atoms with Gasteiger partial charge in [-0.05, 0) is 48.9 Å². The van der Waals surface area contributed by atoms with Crippen LogP contribution in [0.15, 0.2) is 97.6 Å². The third-order valence-electron chi connectivity index (χ3n) is 7.90. The minimum absolute atomic E-state index is 0.0163. The number of hydrogen-bond donors (Lipinski definition) is 2. The summed E-state index contributed by atoms with van der Waals surface area (Å²) in [6.07, 6.45) is -5.60. The first-order valence-corrected chi connectivity index (χ1v) is 15.0. The Morgan fingerprint density at radius 2 is 1.57 bits per heavy atom. The monoisotopic (exact) mass is 675 g/mol. The molecule has 252 valence electrons. The number of ether oxygens (including phenoxy) is 3. The molecule has 2 N–H and O–H groups in total. The number of carbonyl (C=O) groups excluding carboxylic acids is 3. The summed E-state index contributed by atoms with van der Waals surface area (Å²) < 4.78 is 59.7. The van der Waals surface area contributed by atoms with Crippen molar-refractivity contribution in [2.75, 3.05) is 18.5 Å². The molecule has 49 heavy (non-hydrogen) atoms. The number of nitrogens with one attached hydrogen (secondary N) is 1. The van der Waals surface area contributed by atoms with E-state index in [0.717, 1.165) is 12.1 Å². The van der Waals surface area contributed by atoms with Gasteiger partial charge in [0.25, 0.3) is 5.91 Å². The number of fused-ring (bicyclic) bond motifs is 1. The standard InChI is InChI=1S/C34H28F3N5O7/c35-34(36,37)23-13-7-12-22(16-23)33(46)49-27-24(17-47-32(45)21-10-5-2-6-11-21)25(14-15-43)48-31(27)42-19-40-28-26(42)29(39-18-38-28)41-30(44)20-8-3-1-4-9-20/h1-13,16,18-19,24-25,27,31,43H,14-15,17H2,(H,38,39,41,44)/t24-,25-,27-,31-/m1/s1. The number of aromatic nitrogens is 4. The number of aliphatic hydroxyl groups excluding tert-OH is 1. The minimum Gasteiger partial charge on any atom is -0.462 e. The van der Waals surface area contributed by atoms with Crippen LogP contribution in [0.4, 0.5) is 19.0 Å². The Kier molecular flexibility index (Phi) is 9.64. The van der Waals surface area contributed by atoms with E-state index in [4.69, 9.17) is 14.2 Å². The number of benzene rings is 3. The van der Waals surface area contributed by atoms with Crippen LogP contribution in [0.5, 0.6) is 0 Å². The average Bonchev–Trinajstić information content (AvgIpc) is 3.69. The highest BCUT2D eigenvalue weighted by atomic mass is 19.4. The largest absolute Gasteiger partial charge is 0.462 e. The van der Waals surface area contributed by atoms with Crippen LogP contribution in [-0.4, -0.2) is 67.9 Å². The fourth-order valence-corrected chi connectivity index (χ4v) is 5.54. The highest BCUT2D eigenvalue weighted by Gasteiger charge is 2.49. The van der Waals surface area contributed by atoms with Gasteiger partial charge in [0.05, 0.1) is 28.7 Å². The Balaban J connectivity index is 1.38. The molecule has 6 rings (SSSR count). The van der Waals surface area contributed by atoms with Crippen LogP contribution in [0.1, 0.15) is 49.3 Å². The Bertz CT molecular complexity index is 1960. The molecule has 0 radical (unpaired) electrons. The number of imidazole rings is 1. The number of rotatable bonds is 10. The number of alkyl halides is 3. The quantitative estimate of drug-likeness (QED) is 0.192. The Morgan fingerprint density at radius 3 is 2.27 bits per heavy atom. The summed E-state index contributed by atoms with van der Waals surface area (Å²) >= 11 is 0. The van der Waals surface area contributed by atoms with Crippen molar-refractivity contribution in [1.29, 1.82) is 0 Å². The van der Waals surface area contributed by atoms with Crippen LogP contribution in [0.25, 0.3) is 11.2 Å². The minimum atomic E-state index is -4.72. The maximum atomic E-state index is 13.5. The Hall–Kier alpha value is -5.67. The summed E-state index contributed by atoms with van der Waals surface area (Å²) in [5, 5.41) is 12.6. The van der Waals surface area contributed by atoms with Crippen LogP contribution in [0, 0.1) is 5.92 Å².